The Balaban J connectivity index is 2.86. The third-order valence-electron chi connectivity index (χ3n) is 1.06. The molecule has 0 radical (unpaired) electrons. The van der Waals surface area contributed by atoms with Crippen molar-refractivity contribution in [3.63, 3.8) is 0 Å². The molecule has 0 bridgehead atoms. The number of hydrogen-bond acceptors (Lipinski definition) is 3. The highest BCUT2D eigenvalue weighted by atomic mass is 31.1. The number of para-hydroxylation sites is 2. The van der Waals surface area contributed by atoms with Gasteiger partial charge in [0, 0.05) is 0 Å². The molecule has 0 spiro atoms. The lowest BCUT2D eigenvalue weighted by Gasteiger charge is -2.01. The van der Waals surface area contributed by atoms with E-state index < -0.39 is 8.25 Å². The fraction of sp³-hybridized carbons (Fsp3) is 0. The van der Waals surface area contributed by atoms with Gasteiger partial charge in [-0.25, -0.2) is 4.57 Å². The largest absolute Gasteiger partial charge is 0.504 e. The van der Waals surface area contributed by atoms with Gasteiger partial charge in [0.05, 0.1) is 0 Å². The quantitative estimate of drug-likeness (QED) is 0.660. The lowest BCUT2D eigenvalue weighted by Crippen LogP contribution is -1.79. The Morgan fingerprint density at radius 2 is 2.00 bits per heavy atom. The Kier molecular flexibility index (Phi) is 2.52. The van der Waals surface area contributed by atoms with E-state index in [0.717, 1.165) is 0 Å². The van der Waals surface area contributed by atoms with Gasteiger partial charge in [-0.1, -0.05) is 12.1 Å². The average molecular weight is 174 g/mol. The molecular weight excluding hydrogens is 167 g/mol. The zero-order valence-electron chi connectivity index (χ0n) is 5.52. The molecular formula is C6H7O4P. The Morgan fingerprint density at radius 3 is 2.55 bits per heavy atom. The first-order valence-electron chi connectivity index (χ1n) is 2.89. The Bertz CT molecular complexity index is 273. The average Bonchev–Trinajstić information content (AvgIpc) is 1.93. The van der Waals surface area contributed by atoms with E-state index in [1.165, 1.54) is 12.1 Å². The maximum atomic E-state index is 10.2. The van der Waals surface area contributed by atoms with E-state index in [1.807, 2.05) is 0 Å². The van der Waals surface area contributed by atoms with Crippen molar-refractivity contribution in [3.8, 4) is 11.5 Å². The van der Waals surface area contributed by atoms with Crippen molar-refractivity contribution < 1.29 is 19.1 Å². The van der Waals surface area contributed by atoms with Crippen LogP contribution in [-0.2, 0) is 4.57 Å². The van der Waals surface area contributed by atoms with Gasteiger partial charge in [-0.05, 0) is 12.1 Å². The fourth-order valence-corrected chi connectivity index (χ4v) is 0.998. The van der Waals surface area contributed by atoms with Crippen LogP contribution in [0.15, 0.2) is 24.3 Å². The zero-order chi connectivity index (χ0) is 8.27. The summed E-state index contributed by atoms with van der Waals surface area (Å²) < 4.78 is 14.6. The second kappa shape index (κ2) is 3.42. The third kappa shape index (κ3) is 2.26. The molecule has 0 saturated heterocycles. The third-order valence-corrected chi connectivity index (χ3v) is 1.46. The molecule has 11 heavy (non-hydrogen) atoms. The van der Waals surface area contributed by atoms with Crippen LogP contribution in [0, 0.1) is 0 Å². The summed E-state index contributed by atoms with van der Waals surface area (Å²) in [5, 5.41) is 9.00. The SMILES string of the molecule is O=[PH](O)Oc1ccccc1O. The van der Waals surface area contributed by atoms with Crippen LogP contribution in [0.2, 0.25) is 0 Å². The van der Waals surface area contributed by atoms with Crippen LogP contribution < -0.4 is 4.52 Å². The van der Waals surface area contributed by atoms with Gasteiger partial charge in [-0.3, -0.25) is 0 Å². The molecule has 60 valence electrons. The van der Waals surface area contributed by atoms with Crippen molar-refractivity contribution in [2.45, 2.75) is 0 Å². The molecule has 1 rings (SSSR count). The summed E-state index contributed by atoms with van der Waals surface area (Å²) in [5.74, 6) is -0.112. The molecule has 1 aromatic rings. The highest BCUT2D eigenvalue weighted by molar-refractivity contribution is 7.32. The maximum absolute atomic E-state index is 10.2. The van der Waals surface area contributed by atoms with Crippen LogP contribution in [0.5, 0.6) is 11.5 Å². The normalized spacial score (nSPS) is 12.5. The maximum Gasteiger partial charge on any atom is 0.365 e. The molecule has 0 saturated carbocycles. The number of aromatic hydroxyl groups is 1. The molecule has 0 heterocycles. The van der Waals surface area contributed by atoms with E-state index in [4.69, 9.17) is 10.00 Å². The van der Waals surface area contributed by atoms with E-state index in [0.29, 0.717) is 0 Å². The molecule has 1 unspecified atom stereocenters. The predicted molar refractivity (Wildman–Crippen MR) is 40.0 cm³/mol. The predicted octanol–water partition coefficient (Wildman–Crippen LogP) is 1.15. The van der Waals surface area contributed by atoms with Crippen molar-refractivity contribution in [1.29, 1.82) is 0 Å². The molecule has 0 aliphatic heterocycles. The minimum atomic E-state index is -3.02. The van der Waals surface area contributed by atoms with Gasteiger partial charge < -0.3 is 14.5 Å². The zero-order valence-corrected chi connectivity index (χ0v) is 6.52. The van der Waals surface area contributed by atoms with E-state index in [2.05, 4.69) is 4.52 Å². The van der Waals surface area contributed by atoms with E-state index in [-0.39, 0.29) is 11.5 Å². The van der Waals surface area contributed by atoms with Crippen LogP contribution in [-0.4, -0.2) is 10.00 Å². The van der Waals surface area contributed by atoms with Gasteiger partial charge in [0.2, 0.25) is 0 Å². The topological polar surface area (TPSA) is 66.8 Å². The molecule has 5 heteroatoms. The van der Waals surface area contributed by atoms with Crippen LogP contribution in [0.4, 0.5) is 0 Å². The number of hydrogen-bond donors (Lipinski definition) is 2. The molecule has 0 aliphatic carbocycles. The molecule has 4 nitrogen and oxygen atoms in total. The molecule has 0 fully saturated rings. The lowest BCUT2D eigenvalue weighted by molar-refractivity contribution is 0.389. The molecule has 0 aliphatic rings. The van der Waals surface area contributed by atoms with Gasteiger partial charge in [-0.15, -0.1) is 0 Å². The monoisotopic (exact) mass is 174 g/mol. The highest BCUT2D eigenvalue weighted by Gasteiger charge is 2.01. The number of phenols is 1. The van der Waals surface area contributed by atoms with Crippen molar-refractivity contribution >= 4 is 8.25 Å². The van der Waals surface area contributed by atoms with Crippen molar-refractivity contribution in [2.24, 2.45) is 0 Å². The second-order valence-electron chi connectivity index (χ2n) is 1.84. The lowest BCUT2D eigenvalue weighted by atomic mass is 10.3. The summed E-state index contributed by atoms with van der Waals surface area (Å²) in [6.45, 7) is 0. The minimum absolute atomic E-state index is 0.0267. The van der Waals surface area contributed by atoms with Crippen molar-refractivity contribution in [1.82, 2.24) is 0 Å². The van der Waals surface area contributed by atoms with Gasteiger partial charge in [-0.2, -0.15) is 0 Å². The van der Waals surface area contributed by atoms with Crippen LogP contribution >= 0.6 is 8.25 Å². The first-order chi connectivity index (χ1) is 5.20. The summed E-state index contributed by atoms with van der Waals surface area (Å²) in [7, 11) is -3.02. The molecule has 1 atom stereocenters. The first-order valence-corrected chi connectivity index (χ1v) is 4.15. The summed E-state index contributed by atoms with van der Waals surface area (Å²) in [6, 6.07) is 5.98. The smallest absolute Gasteiger partial charge is 0.365 e. The summed E-state index contributed by atoms with van der Waals surface area (Å²) in [6.07, 6.45) is 0. The second-order valence-corrected chi connectivity index (χ2v) is 2.57. The van der Waals surface area contributed by atoms with E-state index >= 15 is 0 Å². The fourth-order valence-electron chi connectivity index (χ4n) is 0.638. The van der Waals surface area contributed by atoms with Gasteiger partial charge in [0.25, 0.3) is 0 Å². The van der Waals surface area contributed by atoms with Gasteiger partial charge in [0.1, 0.15) is 0 Å². The standard InChI is InChI=1S/C6H7O4P/c7-5-3-1-2-4-6(5)10-11(8)9/h1-4,7,11H,(H,8,9). The Morgan fingerprint density at radius 1 is 1.36 bits per heavy atom. The van der Waals surface area contributed by atoms with Gasteiger partial charge in [0.15, 0.2) is 11.5 Å². The number of benzene rings is 1. The molecule has 1 aromatic carbocycles. The van der Waals surface area contributed by atoms with Crippen LogP contribution in [0.25, 0.3) is 0 Å². The number of phenolic OH excluding ortho intramolecular Hbond substituents is 1. The first kappa shape index (κ1) is 8.11. The summed E-state index contributed by atoms with van der Waals surface area (Å²) >= 11 is 0. The number of rotatable bonds is 2. The molecule has 0 aromatic heterocycles. The minimum Gasteiger partial charge on any atom is -0.504 e. The van der Waals surface area contributed by atoms with Crippen molar-refractivity contribution in [2.75, 3.05) is 0 Å². The molecule has 0 amide bonds. The highest BCUT2D eigenvalue weighted by Crippen LogP contribution is 2.30. The van der Waals surface area contributed by atoms with Gasteiger partial charge >= 0.3 is 8.25 Å². The molecule has 2 N–H and O–H groups in total. The van der Waals surface area contributed by atoms with Crippen LogP contribution in [0.3, 0.4) is 0 Å². The van der Waals surface area contributed by atoms with Crippen molar-refractivity contribution in [3.05, 3.63) is 24.3 Å². The van der Waals surface area contributed by atoms with E-state index in [9.17, 15) is 4.57 Å². The van der Waals surface area contributed by atoms with Crippen LogP contribution in [0.1, 0.15) is 0 Å². The van der Waals surface area contributed by atoms with E-state index in [1.54, 1.807) is 12.1 Å². The summed E-state index contributed by atoms with van der Waals surface area (Å²) in [4.78, 5) is 8.34. The summed E-state index contributed by atoms with van der Waals surface area (Å²) in [5.41, 5.74) is 0. The Labute approximate surface area is 64.0 Å². The Hall–Kier alpha value is -0.990.